The lowest BCUT2D eigenvalue weighted by atomic mass is 10.2. The van der Waals surface area contributed by atoms with Crippen molar-refractivity contribution in [3.8, 4) is 5.75 Å². The van der Waals surface area contributed by atoms with Crippen molar-refractivity contribution in [2.75, 3.05) is 56.2 Å². The van der Waals surface area contributed by atoms with E-state index in [2.05, 4.69) is 26.9 Å². The third-order valence-electron chi connectivity index (χ3n) is 6.47. The number of aromatic nitrogens is 2. The Hall–Kier alpha value is -3.20. The summed E-state index contributed by atoms with van der Waals surface area (Å²) in [4.78, 5) is 28.5. The number of piperazine rings is 1. The van der Waals surface area contributed by atoms with Crippen LogP contribution in [0.5, 0.6) is 5.75 Å². The fourth-order valence-corrected chi connectivity index (χ4v) is 5.31. The highest BCUT2D eigenvalue weighted by molar-refractivity contribution is 7.98. The average molecular weight is 494 g/mol. The molecule has 2 saturated heterocycles. The number of furan rings is 1. The zero-order chi connectivity index (χ0) is 24.2. The van der Waals surface area contributed by atoms with Crippen LogP contribution in [-0.2, 0) is 5.75 Å². The average Bonchev–Trinajstić information content (AvgIpc) is 3.60. The lowest BCUT2D eigenvalue weighted by Gasteiger charge is -2.36. The number of anilines is 2. The first-order chi connectivity index (χ1) is 17.1. The number of thioether (sulfide) groups is 1. The SMILES string of the molecule is COc1ccc(N2CCN(c3cc(C)nc(SCc4ccc(C(=O)N5CCCC5)o4)n3)CC2)cc1. The summed E-state index contributed by atoms with van der Waals surface area (Å²) in [7, 11) is 1.69. The minimum absolute atomic E-state index is 0.0124. The molecule has 4 heterocycles. The van der Waals surface area contributed by atoms with Gasteiger partial charge in [-0.25, -0.2) is 9.97 Å². The van der Waals surface area contributed by atoms with E-state index in [4.69, 9.17) is 14.1 Å². The second kappa shape index (κ2) is 10.6. The van der Waals surface area contributed by atoms with Crippen LogP contribution in [0, 0.1) is 6.92 Å². The van der Waals surface area contributed by atoms with Crippen LogP contribution >= 0.6 is 11.8 Å². The maximum atomic E-state index is 12.5. The van der Waals surface area contributed by atoms with Crippen molar-refractivity contribution in [1.82, 2.24) is 14.9 Å². The molecule has 0 atom stereocenters. The minimum Gasteiger partial charge on any atom is -0.497 e. The van der Waals surface area contributed by atoms with E-state index in [-0.39, 0.29) is 5.91 Å². The Morgan fingerprint density at radius 2 is 1.69 bits per heavy atom. The van der Waals surface area contributed by atoms with Crippen molar-refractivity contribution in [3.05, 3.63) is 59.7 Å². The number of ether oxygens (including phenoxy) is 1. The molecule has 2 aliphatic heterocycles. The van der Waals surface area contributed by atoms with E-state index in [1.807, 2.05) is 36.1 Å². The van der Waals surface area contributed by atoms with Crippen LogP contribution in [0.1, 0.15) is 34.9 Å². The number of methoxy groups -OCH3 is 1. The van der Waals surface area contributed by atoms with E-state index in [1.165, 1.54) is 17.4 Å². The second-order valence-corrected chi connectivity index (χ2v) is 9.82. The quantitative estimate of drug-likeness (QED) is 0.357. The molecule has 0 saturated carbocycles. The van der Waals surface area contributed by atoms with Gasteiger partial charge in [0.1, 0.15) is 17.3 Å². The first kappa shape index (κ1) is 23.5. The molecular weight excluding hydrogens is 462 g/mol. The maximum absolute atomic E-state index is 12.5. The highest BCUT2D eigenvalue weighted by Gasteiger charge is 2.23. The summed E-state index contributed by atoms with van der Waals surface area (Å²) < 4.78 is 11.1. The van der Waals surface area contributed by atoms with Crippen molar-refractivity contribution < 1.29 is 13.9 Å². The highest BCUT2D eigenvalue weighted by atomic mass is 32.2. The van der Waals surface area contributed by atoms with Gasteiger partial charge in [0.2, 0.25) is 0 Å². The van der Waals surface area contributed by atoms with Crippen LogP contribution < -0.4 is 14.5 Å². The van der Waals surface area contributed by atoms with E-state index < -0.39 is 0 Å². The van der Waals surface area contributed by atoms with E-state index in [0.29, 0.717) is 11.5 Å². The number of benzene rings is 1. The summed E-state index contributed by atoms with van der Waals surface area (Å²) >= 11 is 1.53. The van der Waals surface area contributed by atoms with Gasteiger partial charge in [-0.05, 0) is 56.2 Å². The number of carbonyl (C=O) groups excluding carboxylic acids is 1. The van der Waals surface area contributed by atoms with Crippen molar-refractivity contribution in [2.45, 2.75) is 30.7 Å². The molecule has 0 bridgehead atoms. The Balaban J connectivity index is 1.18. The number of aryl methyl sites for hydroxylation is 1. The highest BCUT2D eigenvalue weighted by Crippen LogP contribution is 2.26. The first-order valence-electron chi connectivity index (χ1n) is 12.1. The van der Waals surface area contributed by atoms with Gasteiger partial charge in [0.25, 0.3) is 5.91 Å². The van der Waals surface area contributed by atoms with Gasteiger partial charge in [-0.1, -0.05) is 11.8 Å². The molecule has 35 heavy (non-hydrogen) atoms. The Morgan fingerprint density at radius 1 is 0.971 bits per heavy atom. The van der Waals surface area contributed by atoms with Gasteiger partial charge < -0.3 is 23.9 Å². The monoisotopic (exact) mass is 493 g/mol. The fourth-order valence-electron chi connectivity index (χ4n) is 4.52. The van der Waals surface area contributed by atoms with Crippen molar-refractivity contribution in [1.29, 1.82) is 0 Å². The Morgan fingerprint density at radius 3 is 2.40 bits per heavy atom. The van der Waals surface area contributed by atoms with Crippen molar-refractivity contribution in [3.63, 3.8) is 0 Å². The van der Waals surface area contributed by atoms with Crippen LogP contribution in [0.25, 0.3) is 0 Å². The molecule has 0 radical (unpaired) electrons. The molecule has 0 unspecified atom stereocenters. The summed E-state index contributed by atoms with van der Waals surface area (Å²) in [6, 6.07) is 13.9. The topological polar surface area (TPSA) is 74.9 Å². The van der Waals surface area contributed by atoms with Gasteiger partial charge in [0.15, 0.2) is 10.9 Å². The third kappa shape index (κ3) is 5.56. The maximum Gasteiger partial charge on any atom is 0.289 e. The Bertz CT molecular complexity index is 1150. The van der Waals surface area contributed by atoms with Crippen LogP contribution in [0.2, 0.25) is 0 Å². The van der Waals surface area contributed by atoms with Gasteiger partial charge in [-0.2, -0.15) is 0 Å². The van der Waals surface area contributed by atoms with Gasteiger partial charge in [0.05, 0.1) is 12.9 Å². The lowest BCUT2D eigenvalue weighted by molar-refractivity contribution is 0.0760. The molecule has 8 nitrogen and oxygen atoms in total. The molecule has 0 spiro atoms. The number of carbonyl (C=O) groups is 1. The number of rotatable bonds is 7. The molecule has 3 aromatic rings. The van der Waals surface area contributed by atoms with E-state index >= 15 is 0 Å². The normalized spacial score (nSPS) is 16.1. The smallest absolute Gasteiger partial charge is 0.289 e. The molecule has 1 aromatic carbocycles. The molecule has 2 fully saturated rings. The Kier molecular flexibility index (Phi) is 7.13. The molecule has 2 aliphatic rings. The zero-order valence-corrected chi connectivity index (χ0v) is 21.1. The molecule has 2 aromatic heterocycles. The number of likely N-dealkylation sites (tertiary alicyclic amines) is 1. The summed E-state index contributed by atoms with van der Waals surface area (Å²) in [5.41, 5.74) is 2.15. The molecule has 5 rings (SSSR count). The predicted molar refractivity (Wildman–Crippen MR) is 138 cm³/mol. The first-order valence-corrected chi connectivity index (χ1v) is 13.1. The zero-order valence-electron chi connectivity index (χ0n) is 20.3. The number of hydrogen-bond acceptors (Lipinski definition) is 8. The summed E-state index contributed by atoms with van der Waals surface area (Å²) in [6.07, 6.45) is 2.14. The van der Waals surface area contributed by atoms with Crippen LogP contribution in [0.15, 0.2) is 52.0 Å². The van der Waals surface area contributed by atoms with Crippen LogP contribution in [0.3, 0.4) is 0 Å². The summed E-state index contributed by atoms with van der Waals surface area (Å²) in [5.74, 6) is 3.58. The van der Waals surface area contributed by atoms with E-state index in [9.17, 15) is 4.79 Å². The molecule has 0 N–H and O–H groups in total. The van der Waals surface area contributed by atoms with Gasteiger partial charge >= 0.3 is 0 Å². The number of nitrogens with zero attached hydrogens (tertiary/aromatic N) is 5. The summed E-state index contributed by atoms with van der Waals surface area (Å²) in [5, 5.41) is 0.724. The standard InChI is InChI=1S/C26H31N5O3S/c1-19-17-24(30-15-13-29(14-16-30)20-5-7-21(33-2)8-6-20)28-26(27-19)35-18-22-9-10-23(34-22)25(32)31-11-3-4-12-31/h5-10,17H,3-4,11-16,18H2,1-2H3. The molecule has 9 heteroatoms. The van der Waals surface area contributed by atoms with Crippen LogP contribution in [0.4, 0.5) is 11.5 Å². The molecule has 1 amide bonds. The van der Waals surface area contributed by atoms with Crippen LogP contribution in [-0.4, -0.2) is 67.2 Å². The Labute approximate surface area is 210 Å². The number of amides is 1. The molecule has 184 valence electrons. The van der Waals surface area contributed by atoms with Crippen molar-refractivity contribution in [2.24, 2.45) is 0 Å². The largest absolute Gasteiger partial charge is 0.497 e. The second-order valence-electron chi connectivity index (χ2n) is 8.88. The molecular formula is C26H31N5O3S. The molecule has 0 aliphatic carbocycles. The van der Waals surface area contributed by atoms with E-state index in [0.717, 1.165) is 80.3 Å². The summed E-state index contributed by atoms with van der Waals surface area (Å²) in [6.45, 7) is 7.29. The fraction of sp³-hybridized carbons (Fsp3) is 0.423. The van der Waals surface area contributed by atoms with Gasteiger partial charge in [0, 0.05) is 56.7 Å². The third-order valence-corrected chi connectivity index (χ3v) is 7.34. The minimum atomic E-state index is -0.0124. The van der Waals surface area contributed by atoms with Crippen molar-refractivity contribution >= 4 is 29.2 Å². The predicted octanol–water partition coefficient (Wildman–Crippen LogP) is 4.24. The van der Waals surface area contributed by atoms with E-state index in [1.54, 1.807) is 13.2 Å². The van der Waals surface area contributed by atoms with Gasteiger partial charge in [-0.3, -0.25) is 4.79 Å². The lowest BCUT2D eigenvalue weighted by Crippen LogP contribution is -2.46. The number of hydrogen-bond donors (Lipinski definition) is 0. The van der Waals surface area contributed by atoms with Gasteiger partial charge in [-0.15, -0.1) is 0 Å².